The Hall–Kier alpha value is -3.64. The molecule has 0 radical (unpaired) electrons. The van der Waals surface area contributed by atoms with E-state index in [1.165, 1.54) is 12.8 Å². The summed E-state index contributed by atoms with van der Waals surface area (Å²) in [4.78, 5) is 19.6. The second-order valence-electron chi connectivity index (χ2n) is 10.6. The lowest BCUT2D eigenvalue weighted by Crippen LogP contribution is -2.35. The second-order valence-corrected chi connectivity index (χ2v) is 10.6. The molecule has 6 heteroatoms. The van der Waals surface area contributed by atoms with Crippen LogP contribution in [0.25, 0.3) is 21.7 Å². The fourth-order valence-corrected chi connectivity index (χ4v) is 4.96. The van der Waals surface area contributed by atoms with E-state index in [0.29, 0.717) is 41.9 Å². The summed E-state index contributed by atoms with van der Waals surface area (Å²) in [6.45, 7) is 0.611. The van der Waals surface area contributed by atoms with E-state index < -0.39 is 0 Å². The van der Waals surface area contributed by atoms with Gasteiger partial charge in [0.25, 0.3) is 0 Å². The molecular weight excluding hydrogens is 464 g/mol. The second kappa shape index (κ2) is 9.34. The Kier molecular flexibility index (Phi) is 6.00. The molecule has 3 aromatic carbocycles. The van der Waals surface area contributed by atoms with Crippen molar-refractivity contribution in [2.75, 3.05) is 27.8 Å². The SMILES string of the molecule is COc1cc2c(Oc3ccc4c(C(=O)CC5CC5)cccc4c3)ccnc2cc1OCC1(N(C)C)CC1. The van der Waals surface area contributed by atoms with Gasteiger partial charge in [-0.15, -0.1) is 0 Å². The summed E-state index contributed by atoms with van der Waals surface area (Å²) in [7, 11) is 5.84. The summed E-state index contributed by atoms with van der Waals surface area (Å²) in [6.07, 6.45) is 6.99. The van der Waals surface area contributed by atoms with Crippen LogP contribution < -0.4 is 14.2 Å². The van der Waals surface area contributed by atoms with Gasteiger partial charge in [0.05, 0.1) is 18.2 Å². The quantitative estimate of drug-likeness (QED) is 0.229. The molecular formula is C31H32N2O4. The van der Waals surface area contributed by atoms with E-state index in [2.05, 4.69) is 24.0 Å². The van der Waals surface area contributed by atoms with Crippen molar-refractivity contribution >= 4 is 27.5 Å². The number of ether oxygens (including phenoxy) is 3. The van der Waals surface area contributed by atoms with Crippen molar-refractivity contribution in [1.82, 2.24) is 9.88 Å². The number of methoxy groups -OCH3 is 1. The summed E-state index contributed by atoms with van der Waals surface area (Å²) < 4.78 is 18.2. The summed E-state index contributed by atoms with van der Waals surface area (Å²) >= 11 is 0. The van der Waals surface area contributed by atoms with Crippen molar-refractivity contribution in [3.8, 4) is 23.0 Å². The van der Waals surface area contributed by atoms with Gasteiger partial charge >= 0.3 is 0 Å². The average Bonchev–Trinajstić information content (AvgIpc) is 3.83. The fraction of sp³-hybridized carbons (Fsp3) is 0.355. The van der Waals surface area contributed by atoms with Gasteiger partial charge in [0, 0.05) is 29.6 Å². The summed E-state index contributed by atoms with van der Waals surface area (Å²) in [5, 5.41) is 2.80. The smallest absolute Gasteiger partial charge is 0.163 e. The maximum atomic E-state index is 12.8. The Bertz CT molecular complexity index is 1490. The minimum atomic E-state index is 0.108. The van der Waals surface area contributed by atoms with Crippen LogP contribution in [0.2, 0.25) is 0 Å². The molecule has 6 rings (SSSR count). The fourth-order valence-electron chi connectivity index (χ4n) is 4.96. The standard InChI is InChI=1S/C31H32N2O4/c1-33(2)31(12-13-31)19-36-30-18-26-25(17-29(30)35-3)28(11-14-32-26)37-22-9-10-23-21(16-22)5-4-6-24(23)27(34)15-20-7-8-20/h4-6,9-11,14,16-18,20H,7-8,12-13,15,19H2,1-3H3. The van der Waals surface area contributed by atoms with Crippen LogP contribution in [0.4, 0.5) is 0 Å². The first-order valence-corrected chi connectivity index (χ1v) is 13.0. The number of pyridine rings is 1. The molecule has 2 fully saturated rings. The minimum absolute atomic E-state index is 0.108. The zero-order valence-electron chi connectivity index (χ0n) is 21.6. The third kappa shape index (κ3) is 4.74. The predicted octanol–water partition coefficient (Wildman–Crippen LogP) is 6.64. The van der Waals surface area contributed by atoms with Crippen LogP contribution in [0.5, 0.6) is 23.0 Å². The number of fused-ring (bicyclic) bond motifs is 2. The first-order chi connectivity index (χ1) is 18.0. The zero-order valence-corrected chi connectivity index (χ0v) is 21.6. The van der Waals surface area contributed by atoms with Gasteiger partial charge in [0.1, 0.15) is 18.1 Å². The molecule has 0 aliphatic heterocycles. The molecule has 0 atom stereocenters. The Morgan fingerprint density at radius 1 is 1.00 bits per heavy atom. The lowest BCUT2D eigenvalue weighted by atomic mass is 9.98. The molecule has 0 spiro atoms. The van der Waals surface area contributed by atoms with E-state index in [4.69, 9.17) is 14.2 Å². The van der Waals surface area contributed by atoms with Gasteiger partial charge < -0.3 is 19.1 Å². The number of likely N-dealkylation sites (N-methyl/N-ethyl adjacent to an activating group) is 1. The third-order valence-electron chi connectivity index (χ3n) is 7.81. The first kappa shape index (κ1) is 23.7. The van der Waals surface area contributed by atoms with Crippen molar-refractivity contribution < 1.29 is 19.0 Å². The topological polar surface area (TPSA) is 60.9 Å². The van der Waals surface area contributed by atoms with Crippen LogP contribution in [0.15, 0.2) is 60.8 Å². The van der Waals surface area contributed by atoms with Crippen molar-refractivity contribution in [3.63, 3.8) is 0 Å². The Balaban J connectivity index is 1.28. The number of hydrogen-bond acceptors (Lipinski definition) is 6. The van der Waals surface area contributed by atoms with Crippen molar-refractivity contribution in [3.05, 3.63) is 66.4 Å². The monoisotopic (exact) mass is 496 g/mol. The molecule has 4 aromatic rings. The maximum Gasteiger partial charge on any atom is 0.163 e. The highest BCUT2D eigenvalue weighted by Gasteiger charge is 2.45. The van der Waals surface area contributed by atoms with E-state index in [9.17, 15) is 4.79 Å². The molecule has 2 saturated carbocycles. The Labute approximate surface area is 217 Å². The van der Waals surface area contributed by atoms with Crippen molar-refractivity contribution in [2.45, 2.75) is 37.6 Å². The molecule has 0 saturated heterocycles. The Morgan fingerprint density at radius 3 is 2.57 bits per heavy atom. The normalized spacial score (nSPS) is 16.2. The number of hydrogen-bond donors (Lipinski definition) is 0. The number of benzene rings is 3. The van der Waals surface area contributed by atoms with Crippen LogP contribution in [-0.2, 0) is 0 Å². The molecule has 2 aliphatic rings. The third-order valence-corrected chi connectivity index (χ3v) is 7.81. The molecule has 0 N–H and O–H groups in total. The van der Waals surface area contributed by atoms with Gasteiger partial charge in [0.15, 0.2) is 17.3 Å². The molecule has 37 heavy (non-hydrogen) atoms. The summed E-state index contributed by atoms with van der Waals surface area (Å²) in [5.74, 6) is 3.51. The summed E-state index contributed by atoms with van der Waals surface area (Å²) in [5.41, 5.74) is 1.68. The van der Waals surface area contributed by atoms with Gasteiger partial charge in [-0.1, -0.05) is 18.2 Å². The number of carbonyl (C=O) groups excluding carboxylic acids is 1. The summed E-state index contributed by atoms with van der Waals surface area (Å²) in [6, 6.07) is 17.5. The van der Waals surface area contributed by atoms with E-state index in [0.717, 1.165) is 40.1 Å². The Morgan fingerprint density at radius 2 is 1.84 bits per heavy atom. The van der Waals surface area contributed by atoms with E-state index in [1.807, 2.05) is 54.6 Å². The largest absolute Gasteiger partial charge is 0.493 e. The van der Waals surface area contributed by atoms with Crippen LogP contribution >= 0.6 is 0 Å². The number of Topliss-reactive ketones (excluding diaryl/α,β-unsaturated/α-hetero) is 1. The van der Waals surface area contributed by atoms with Gasteiger partial charge in [0.2, 0.25) is 0 Å². The molecule has 2 aliphatic carbocycles. The van der Waals surface area contributed by atoms with Crippen molar-refractivity contribution in [1.29, 1.82) is 0 Å². The molecule has 190 valence electrons. The van der Waals surface area contributed by atoms with E-state index >= 15 is 0 Å². The van der Waals surface area contributed by atoms with Crippen LogP contribution in [0.1, 0.15) is 42.5 Å². The highest BCUT2D eigenvalue weighted by Crippen LogP contribution is 2.43. The number of rotatable bonds is 10. The molecule has 1 heterocycles. The molecule has 1 aromatic heterocycles. The van der Waals surface area contributed by atoms with Crippen LogP contribution in [0.3, 0.4) is 0 Å². The average molecular weight is 497 g/mol. The minimum Gasteiger partial charge on any atom is -0.493 e. The predicted molar refractivity (Wildman–Crippen MR) is 145 cm³/mol. The van der Waals surface area contributed by atoms with E-state index in [-0.39, 0.29) is 11.3 Å². The lowest BCUT2D eigenvalue weighted by Gasteiger charge is -2.24. The van der Waals surface area contributed by atoms with Crippen LogP contribution in [-0.4, -0.2) is 49.0 Å². The van der Waals surface area contributed by atoms with Gasteiger partial charge in [-0.3, -0.25) is 9.78 Å². The van der Waals surface area contributed by atoms with Crippen LogP contribution in [0, 0.1) is 5.92 Å². The molecule has 0 bridgehead atoms. The highest BCUT2D eigenvalue weighted by molar-refractivity contribution is 6.08. The number of ketones is 1. The van der Waals surface area contributed by atoms with Crippen molar-refractivity contribution in [2.24, 2.45) is 5.92 Å². The molecule has 0 unspecified atom stereocenters. The number of nitrogens with zero attached hydrogens (tertiary/aromatic N) is 2. The molecule has 6 nitrogen and oxygen atoms in total. The number of aromatic nitrogens is 1. The highest BCUT2D eigenvalue weighted by atomic mass is 16.5. The molecule has 0 amide bonds. The van der Waals surface area contributed by atoms with E-state index in [1.54, 1.807) is 13.3 Å². The maximum absolute atomic E-state index is 12.8. The number of carbonyl (C=O) groups is 1. The lowest BCUT2D eigenvalue weighted by molar-refractivity contribution is 0.0977. The van der Waals surface area contributed by atoms with Gasteiger partial charge in [-0.25, -0.2) is 0 Å². The van der Waals surface area contributed by atoms with Gasteiger partial charge in [-0.05, 0) is 86.8 Å². The zero-order chi connectivity index (χ0) is 25.6. The first-order valence-electron chi connectivity index (χ1n) is 13.0. The van der Waals surface area contributed by atoms with Gasteiger partial charge in [-0.2, -0.15) is 0 Å².